The van der Waals surface area contributed by atoms with Crippen molar-refractivity contribution in [2.45, 2.75) is 25.4 Å². The van der Waals surface area contributed by atoms with Crippen LogP contribution < -0.4 is 10.5 Å². The summed E-state index contributed by atoms with van der Waals surface area (Å²) >= 11 is 0. The molecule has 3 aromatic rings. The van der Waals surface area contributed by atoms with Crippen LogP contribution in [0.15, 0.2) is 30.3 Å². The van der Waals surface area contributed by atoms with Crippen molar-refractivity contribution in [1.82, 2.24) is 9.88 Å². The number of pyridine rings is 1. The highest BCUT2D eigenvalue weighted by atomic mass is 19.1. The molecule has 0 bridgehead atoms. The largest absolute Gasteiger partial charge is 0.496 e. The summed E-state index contributed by atoms with van der Waals surface area (Å²) in [5, 5.41) is 0.465. The van der Waals surface area contributed by atoms with Gasteiger partial charge in [0.2, 0.25) is 0 Å². The zero-order valence-electron chi connectivity index (χ0n) is 15.1. The average Bonchev–Trinajstić information content (AvgIpc) is 3.45. The van der Waals surface area contributed by atoms with E-state index in [1.165, 1.54) is 37.4 Å². The first-order valence-corrected chi connectivity index (χ1v) is 9.05. The minimum atomic E-state index is -0.563. The molecule has 0 atom stereocenters. The van der Waals surface area contributed by atoms with Gasteiger partial charge in [-0.3, -0.25) is 4.79 Å². The van der Waals surface area contributed by atoms with E-state index in [0.717, 1.165) is 12.8 Å². The third-order valence-electron chi connectivity index (χ3n) is 5.44. The number of halogens is 2. The normalized spacial score (nSPS) is 16.0. The smallest absolute Gasteiger partial charge is 0.258 e. The number of ether oxygens (including phenoxy) is 1. The molecule has 0 radical (unpaired) electrons. The summed E-state index contributed by atoms with van der Waals surface area (Å²) in [5.74, 6) is -0.883. The van der Waals surface area contributed by atoms with E-state index in [2.05, 4.69) is 4.98 Å². The molecular weight excluding hydrogens is 364 g/mol. The lowest BCUT2D eigenvalue weighted by Crippen LogP contribution is -2.26. The number of nitrogen functional groups attached to an aromatic ring is 1. The van der Waals surface area contributed by atoms with Crippen LogP contribution in [0.4, 0.5) is 14.5 Å². The summed E-state index contributed by atoms with van der Waals surface area (Å²) in [6.45, 7) is 0.356. The summed E-state index contributed by atoms with van der Waals surface area (Å²) in [4.78, 5) is 19.2. The Balaban J connectivity index is 1.80. The predicted octanol–water partition coefficient (Wildman–Crippen LogP) is 3.89. The van der Waals surface area contributed by atoms with Crippen molar-refractivity contribution in [3.05, 3.63) is 53.2 Å². The number of methoxy groups -OCH3 is 1. The first kappa shape index (κ1) is 16.9. The first-order valence-electron chi connectivity index (χ1n) is 9.05. The lowest BCUT2D eigenvalue weighted by Gasteiger charge is -2.14. The van der Waals surface area contributed by atoms with Crippen LogP contribution >= 0.6 is 0 Å². The minimum Gasteiger partial charge on any atom is -0.496 e. The van der Waals surface area contributed by atoms with Crippen LogP contribution in [0.3, 0.4) is 0 Å². The van der Waals surface area contributed by atoms with Gasteiger partial charge in [-0.15, -0.1) is 0 Å². The van der Waals surface area contributed by atoms with Gasteiger partial charge in [-0.2, -0.15) is 0 Å². The van der Waals surface area contributed by atoms with Crippen molar-refractivity contribution in [2.75, 3.05) is 12.8 Å². The molecule has 1 fully saturated rings. The molecule has 2 heterocycles. The van der Waals surface area contributed by atoms with E-state index in [9.17, 15) is 13.6 Å². The molecule has 7 heteroatoms. The second-order valence-corrected chi connectivity index (χ2v) is 7.17. The number of nitrogens with two attached hydrogens (primary N) is 1. The van der Waals surface area contributed by atoms with E-state index >= 15 is 0 Å². The molecular formula is C21H17F2N3O2. The average molecular weight is 381 g/mol. The Hall–Kier alpha value is -3.22. The van der Waals surface area contributed by atoms with E-state index in [0.29, 0.717) is 34.5 Å². The minimum absolute atomic E-state index is 0.112. The van der Waals surface area contributed by atoms with E-state index in [-0.39, 0.29) is 28.8 Å². The van der Waals surface area contributed by atoms with Crippen LogP contribution in [0, 0.1) is 11.6 Å². The summed E-state index contributed by atoms with van der Waals surface area (Å²) < 4.78 is 34.1. The number of carbonyl (C=O) groups excluding carboxylic acids is 1. The summed E-state index contributed by atoms with van der Waals surface area (Å²) in [5.41, 5.74) is 8.19. The second-order valence-electron chi connectivity index (χ2n) is 7.17. The second kappa shape index (κ2) is 5.89. The maximum absolute atomic E-state index is 14.9. The lowest BCUT2D eigenvalue weighted by atomic mass is 9.97. The highest BCUT2D eigenvalue weighted by Crippen LogP contribution is 2.42. The molecule has 2 N–H and O–H groups in total. The zero-order valence-corrected chi connectivity index (χ0v) is 15.1. The quantitative estimate of drug-likeness (QED) is 0.747. The molecule has 1 aliphatic carbocycles. The van der Waals surface area contributed by atoms with Gasteiger partial charge in [0.05, 0.1) is 36.1 Å². The zero-order chi connectivity index (χ0) is 19.6. The van der Waals surface area contributed by atoms with E-state index in [1.807, 2.05) is 0 Å². The number of aromatic nitrogens is 1. The Morgan fingerprint density at radius 1 is 1.18 bits per heavy atom. The molecule has 1 aliphatic heterocycles. The van der Waals surface area contributed by atoms with Gasteiger partial charge in [0.1, 0.15) is 17.4 Å². The van der Waals surface area contributed by atoms with E-state index in [4.69, 9.17) is 10.5 Å². The van der Waals surface area contributed by atoms with Crippen molar-refractivity contribution < 1.29 is 18.3 Å². The molecule has 0 unspecified atom stereocenters. The van der Waals surface area contributed by atoms with Crippen molar-refractivity contribution in [2.24, 2.45) is 0 Å². The third-order valence-corrected chi connectivity index (χ3v) is 5.44. The SMILES string of the molecule is COc1ccc(F)cc1-c1c(F)ccc2c(N)c3c(nc12)CN(C1CC1)C3=O. The molecule has 0 spiro atoms. The summed E-state index contributed by atoms with van der Waals surface area (Å²) in [6.07, 6.45) is 1.94. The molecule has 2 aromatic carbocycles. The van der Waals surface area contributed by atoms with E-state index < -0.39 is 11.6 Å². The number of benzene rings is 2. The van der Waals surface area contributed by atoms with E-state index in [1.54, 1.807) is 4.90 Å². The maximum Gasteiger partial charge on any atom is 0.258 e. The van der Waals surface area contributed by atoms with Gasteiger partial charge in [-0.1, -0.05) is 0 Å². The Kier molecular flexibility index (Phi) is 3.56. The summed E-state index contributed by atoms with van der Waals surface area (Å²) in [6, 6.07) is 6.89. The predicted molar refractivity (Wildman–Crippen MR) is 101 cm³/mol. The van der Waals surface area contributed by atoms with Gasteiger partial charge in [-0.05, 0) is 43.2 Å². The van der Waals surface area contributed by atoms with Crippen LogP contribution in [-0.4, -0.2) is 28.9 Å². The van der Waals surface area contributed by atoms with Crippen LogP contribution in [0.25, 0.3) is 22.0 Å². The molecule has 1 aromatic heterocycles. The molecule has 2 aliphatic rings. The number of anilines is 1. The molecule has 5 rings (SSSR count). The van der Waals surface area contributed by atoms with Gasteiger partial charge < -0.3 is 15.4 Å². The van der Waals surface area contributed by atoms with Crippen LogP contribution in [0.1, 0.15) is 28.9 Å². The Labute approximate surface area is 159 Å². The standard InChI is InChI=1S/C21H17F2N3O2/c1-28-16-7-2-10(22)8-13(16)17-14(23)6-5-12-19(24)18-15(25-20(12)17)9-26(21(18)27)11-3-4-11/h2,5-8,11H,3-4,9H2,1H3,(H2,24,25). The molecule has 142 valence electrons. The summed E-state index contributed by atoms with van der Waals surface area (Å²) in [7, 11) is 1.44. The maximum atomic E-state index is 14.9. The first-order chi connectivity index (χ1) is 13.5. The Morgan fingerprint density at radius 2 is 1.96 bits per heavy atom. The fourth-order valence-electron chi connectivity index (χ4n) is 3.92. The van der Waals surface area contributed by atoms with Crippen LogP contribution in [-0.2, 0) is 6.54 Å². The number of hydrogen-bond acceptors (Lipinski definition) is 4. The van der Waals surface area contributed by atoms with Gasteiger partial charge in [0, 0.05) is 22.6 Å². The van der Waals surface area contributed by atoms with Gasteiger partial charge in [-0.25, -0.2) is 13.8 Å². The number of fused-ring (bicyclic) bond motifs is 2. The fraction of sp³-hybridized carbons (Fsp3) is 0.238. The van der Waals surface area contributed by atoms with Crippen molar-refractivity contribution >= 4 is 22.5 Å². The van der Waals surface area contributed by atoms with Crippen LogP contribution in [0.2, 0.25) is 0 Å². The van der Waals surface area contributed by atoms with Gasteiger partial charge in [0.15, 0.2) is 0 Å². The van der Waals surface area contributed by atoms with Gasteiger partial charge in [0.25, 0.3) is 5.91 Å². The highest BCUT2D eigenvalue weighted by Gasteiger charge is 2.40. The molecule has 1 saturated carbocycles. The molecule has 28 heavy (non-hydrogen) atoms. The fourth-order valence-corrected chi connectivity index (χ4v) is 3.92. The van der Waals surface area contributed by atoms with Crippen molar-refractivity contribution in [3.8, 4) is 16.9 Å². The van der Waals surface area contributed by atoms with Gasteiger partial charge >= 0.3 is 0 Å². The molecule has 5 nitrogen and oxygen atoms in total. The Bertz CT molecular complexity index is 1160. The third kappa shape index (κ3) is 2.35. The number of nitrogens with zero attached hydrogens (tertiary/aromatic N) is 2. The lowest BCUT2D eigenvalue weighted by molar-refractivity contribution is 0.0767. The number of amides is 1. The molecule has 0 saturated heterocycles. The van der Waals surface area contributed by atoms with Crippen LogP contribution in [0.5, 0.6) is 5.75 Å². The topological polar surface area (TPSA) is 68.5 Å². The number of rotatable bonds is 3. The number of carbonyl (C=O) groups is 1. The van der Waals surface area contributed by atoms with Crippen molar-refractivity contribution in [1.29, 1.82) is 0 Å². The highest BCUT2D eigenvalue weighted by molar-refractivity contribution is 6.11. The Morgan fingerprint density at radius 3 is 2.68 bits per heavy atom. The monoisotopic (exact) mass is 381 g/mol. The molecule has 1 amide bonds. The van der Waals surface area contributed by atoms with Crippen molar-refractivity contribution in [3.63, 3.8) is 0 Å². The number of hydrogen-bond donors (Lipinski definition) is 1.